The molecule has 4 nitrogen and oxygen atoms in total. The quantitative estimate of drug-likeness (QED) is 0.687. The average molecular weight is 343 g/mol. The largest absolute Gasteiger partial charge is 0.503 e. The van der Waals surface area contributed by atoms with Gasteiger partial charge in [0.2, 0.25) is 0 Å². The Morgan fingerprint density at radius 3 is 1.48 bits per heavy atom. The molecule has 0 aliphatic rings. The number of rotatable bonds is 9. The van der Waals surface area contributed by atoms with Gasteiger partial charge in [-0.1, -0.05) is 67.6 Å². The normalized spacial score (nSPS) is 10.2. The second kappa shape index (κ2) is 13.0. The lowest BCUT2D eigenvalue weighted by molar-refractivity contribution is 0.137. The van der Waals surface area contributed by atoms with Gasteiger partial charge in [-0.25, -0.2) is 4.79 Å². The summed E-state index contributed by atoms with van der Waals surface area (Å²) < 4.78 is 0. The molecule has 0 fully saturated rings. The van der Waals surface area contributed by atoms with Gasteiger partial charge in [0.15, 0.2) is 0 Å². The predicted octanol–water partition coefficient (Wildman–Crippen LogP) is 4.80. The van der Waals surface area contributed by atoms with Crippen molar-refractivity contribution < 1.29 is 15.0 Å². The zero-order valence-corrected chi connectivity index (χ0v) is 15.0. The highest BCUT2D eigenvalue weighted by Gasteiger charge is 2.02. The minimum Gasteiger partial charge on any atom is -0.450 e. The Hall–Kier alpha value is -2.33. The summed E-state index contributed by atoms with van der Waals surface area (Å²) in [5.41, 5.74) is 2.91. The highest BCUT2D eigenvalue weighted by Crippen LogP contribution is 2.06. The minimum atomic E-state index is -1.83. The van der Waals surface area contributed by atoms with Crippen LogP contribution in [0.25, 0.3) is 0 Å². The van der Waals surface area contributed by atoms with Crippen molar-refractivity contribution in [2.45, 2.75) is 32.6 Å². The lowest BCUT2D eigenvalue weighted by Gasteiger charge is -2.20. The molecule has 0 saturated heterocycles. The maximum Gasteiger partial charge on any atom is 0.503 e. The Bertz CT molecular complexity index is 523. The van der Waals surface area contributed by atoms with Crippen LogP contribution < -0.4 is 0 Å². The topological polar surface area (TPSA) is 60.8 Å². The number of benzene rings is 2. The van der Waals surface area contributed by atoms with E-state index < -0.39 is 6.16 Å². The number of hydrogen-bond donors (Lipinski definition) is 2. The van der Waals surface area contributed by atoms with Crippen molar-refractivity contribution in [3.63, 3.8) is 0 Å². The fourth-order valence-corrected chi connectivity index (χ4v) is 2.73. The van der Waals surface area contributed by atoms with Crippen LogP contribution in [0.5, 0.6) is 0 Å². The first kappa shape index (κ1) is 20.7. The van der Waals surface area contributed by atoms with Crippen molar-refractivity contribution in [2.24, 2.45) is 0 Å². The van der Waals surface area contributed by atoms with Gasteiger partial charge in [-0.2, -0.15) is 0 Å². The fraction of sp³-hybridized carbons (Fsp3) is 0.381. The van der Waals surface area contributed by atoms with E-state index in [1.165, 1.54) is 49.9 Å². The van der Waals surface area contributed by atoms with E-state index in [1.807, 2.05) is 0 Å². The summed E-state index contributed by atoms with van der Waals surface area (Å²) in [6.07, 6.45) is 3.05. The van der Waals surface area contributed by atoms with Crippen molar-refractivity contribution >= 4 is 6.16 Å². The maximum atomic E-state index is 8.56. The van der Waals surface area contributed by atoms with Crippen LogP contribution >= 0.6 is 0 Å². The van der Waals surface area contributed by atoms with Crippen molar-refractivity contribution in [1.82, 2.24) is 4.90 Å². The summed E-state index contributed by atoms with van der Waals surface area (Å²) in [6.45, 7) is 5.84. The van der Waals surface area contributed by atoms with Gasteiger partial charge in [-0.15, -0.1) is 0 Å². The summed E-state index contributed by atoms with van der Waals surface area (Å²) in [5.74, 6) is 0. The number of aryl methyl sites for hydroxylation is 2. The number of carbonyl (C=O) groups is 1. The Morgan fingerprint density at radius 2 is 1.16 bits per heavy atom. The van der Waals surface area contributed by atoms with Gasteiger partial charge in [-0.3, -0.25) is 0 Å². The lowest BCUT2D eigenvalue weighted by atomic mass is 10.1. The van der Waals surface area contributed by atoms with Crippen LogP contribution in [0.3, 0.4) is 0 Å². The standard InChI is InChI=1S/C20H27N.CH2O3/c1-2-21(17-9-15-19-11-5-3-6-12-19)18-10-16-20-13-7-4-8-14-20;2-1(3)4/h3-8,11-14H,2,9-10,15-18H2,1H3;(H2,2,3,4). The molecule has 2 rings (SSSR count). The summed E-state index contributed by atoms with van der Waals surface area (Å²) >= 11 is 0. The second-order valence-electron chi connectivity index (χ2n) is 5.90. The van der Waals surface area contributed by atoms with Crippen LogP contribution in [-0.4, -0.2) is 40.9 Å². The third-order valence-corrected chi connectivity index (χ3v) is 4.01. The van der Waals surface area contributed by atoms with Gasteiger partial charge in [0.1, 0.15) is 0 Å². The van der Waals surface area contributed by atoms with E-state index in [2.05, 4.69) is 72.5 Å². The van der Waals surface area contributed by atoms with Crippen molar-refractivity contribution in [3.8, 4) is 0 Å². The van der Waals surface area contributed by atoms with E-state index in [0.29, 0.717) is 0 Å². The van der Waals surface area contributed by atoms with E-state index in [9.17, 15) is 0 Å². The number of nitrogens with zero attached hydrogens (tertiary/aromatic N) is 1. The number of hydrogen-bond acceptors (Lipinski definition) is 2. The molecule has 0 aliphatic heterocycles. The predicted molar refractivity (Wildman–Crippen MR) is 102 cm³/mol. The first-order valence-electron chi connectivity index (χ1n) is 8.84. The third-order valence-electron chi connectivity index (χ3n) is 4.01. The van der Waals surface area contributed by atoms with Crippen molar-refractivity contribution in [3.05, 3.63) is 71.8 Å². The zero-order chi connectivity index (χ0) is 18.3. The van der Waals surface area contributed by atoms with Gasteiger partial charge in [0, 0.05) is 0 Å². The molecule has 0 amide bonds. The zero-order valence-electron chi connectivity index (χ0n) is 15.0. The monoisotopic (exact) mass is 343 g/mol. The van der Waals surface area contributed by atoms with E-state index >= 15 is 0 Å². The Labute approximate surface area is 150 Å². The van der Waals surface area contributed by atoms with Gasteiger partial charge < -0.3 is 15.1 Å². The highest BCUT2D eigenvalue weighted by molar-refractivity contribution is 5.53. The van der Waals surface area contributed by atoms with Gasteiger partial charge in [-0.05, 0) is 56.4 Å². The molecule has 25 heavy (non-hydrogen) atoms. The molecule has 0 unspecified atom stereocenters. The molecule has 0 saturated carbocycles. The molecular formula is C21H29NO3. The molecule has 136 valence electrons. The molecule has 0 atom stereocenters. The second-order valence-corrected chi connectivity index (χ2v) is 5.90. The van der Waals surface area contributed by atoms with Crippen LogP contribution in [0.15, 0.2) is 60.7 Å². The average Bonchev–Trinajstić information content (AvgIpc) is 2.62. The molecule has 0 radical (unpaired) electrons. The molecule has 2 N–H and O–H groups in total. The molecule has 4 heteroatoms. The van der Waals surface area contributed by atoms with E-state index in [-0.39, 0.29) is 0 Å². The van der Waals surface area contributed by atoms with Crippen LogP contribution in [0.1, 0.15) is 30.9 Å². The highest BCUT2D eigenvalue weighted by atomic mass is 16.6. The van der Waals surface area contributed by atoms with Gasteiger partial charge >= 0.3 is 6.16 Å². The first-order chi connectivity index (χ1) is 12.1. The van der Waals surface area contributed by atoms with Gasteiger partial charge in [0.25, 0.3) is 0 Å². The fourth-order valence-electron chi connectivity index (χ4n) is 2.73. The summed E-state index contributed by atoms with van der Waals surface area (Å²) in [5, 5.41) is 13.9. The summed E-state index contributed by atoms with van der Waals surface area (Å²) in [7, 11) is 0. The Balaban J connectivity index is 0.000000705. The maximum absolute atomic E-state index is 8.56. The smallest absolute Gasteiger partial charge is 0.450 e. The molecule has 0 aromatic heterocycles. The molecule has 0 heterocycles. The molecule has 2 aromatic carbocycles. The first-order valence-corrected chi connectivity index (χ1v) is 8.84. The minimum absolute atomic E-state index is 1.16. The lowest BCUT2D eigenvalue weighted by Crippen LogP contribution is -2.26. The van der Waals surface area contributed by atoms with Crippen molar-refractivity contribution in [1.29, 1.82) is 0 Å². The van der Waals surface area contributed by atoms with Crippen LogP contribution in [0.2, 0.25) is 0 Å². The van der Waals surface area contributed by atoms with E-state index in [4.69, 9.17) is 15.0 Å². The molecule has 0 aliphatic carbocycles. The van der Waals surface area contributed by atoms with Crippen LogP contribution in [-0.2, 0) is 12.8 Å². The van der Waals surface area contributed by atoms with E-state index in [0.717, 1.165) is 6.54 Å². The summed E-state index contributed by atoms with van der Waals surface area (Å²) in [4.78, 5) is 11.1. The summed E-state index contributed by atoms with van der Waals surface area (Å²) in [6, 6.07) is 21.6. The SMILES string of the molecule is CCN(CCCc1ccccc1)CCCc1ccccc1.O=C(O)O. The number of carboxylic acid groups (broad SMARTS) is 2. The molecule has 2 aromatic rings. The Morgan fingerprint density at radius 1 is 0.800 bits per heavy atom. The molecule has 0 bridgehead atoms. The van der Waals surface area contributed by atoms with E-state index in [1.54, 1.807) is 0 Å². The Kier molecular flexibility index (Phi) is 10.8. The third kappa shape index (κ3) is 11.0. The molecule has 0 spiro atoms. The van der Waals surface area contributed by atoms with Crippen LogP contribution in [0, 0.1) is 0 Å². The van der Waals surface area contributed by atoms with Crippen LogP contribution in [0.4, 0.5) is 4.79 Å². The van der Waals surface area contributed by atoms with Gasteiger partial charge in [0.05, 0.1) is 0 Å². The van der Waals surface area contributed by atoms with Crippen molar-refractivity contribution in [2.75, 3.05) is 19.6 Å². The molecular weight excluding hydrogens is 314 g/mol.